The fourth-order valence-electron chi connectivity index (χ4n) is 0.225. The molecule has 0 aliphatic heterocycles. The Morgan fingerprint density at radius 2 is 2.12 bits per heavy atom. The second kappa shape index (κ2) is 3.72. The van der Waals surface area contributed by atoms with E-state index in [4.69, 9.17) is 0 Å². The van der Waals surface area contributed by atoms with Gasteiger partial charge in [0, 0.05) is 0 Å². The van der Waals surface area contributed by atoms with E-state index in [1.165, 1.54) is 11.8 Å². The van der Waals surface area contributed by atoms with E-state index < -0.39 is 0 Å². The molecule has 1 nitrogen and oxygen atoms in total. The Morgan fingerprint density at radius 1 is 1.62 bits per heavy atom. The quantitative estimate of drug-likeness (QED) is 0.580. The normalized spacial score (nSPS) is 8.75. The van der Waals surface area contributed by atoms with E-state index in [2.05, 4.69) is 6.58 Å². The van der Waals surface area contributed by atoms with Crippen molar-refractivity contribution in [1.82, 2.24) is 0 Å². The van der Waals surface area contributed by atoms with Crippen molar-refractivity contribution in [3.8, 4) is 0 Å². The fourth-order valence-corrected chi connectivity index (χ4v) is 0.674. The molecule has 0 spiro atoms. The van der Waals surface area contributed by atoms with Gasteiger partial charge >= 0.3 is 0 Å². The smallest absolute Gasteiger partial charge is 0.140 e. The molecular weight excluding hydrogens is 120 g/mol. The Hall–Kier alpha value is -0.240. The number of Topliss-reactive ketones (excluding diaryl/α,β-unsaturated/α-hetero) is 1. The van der Waals surface area contributed by atoms with Gasteiger partial charge in [-0.3, -0.25) is 4.79 Å². The Morgan fingerprint density at radius 3 is 2.25 bits per heavy atom. The van der Waals surface area contributed by atoms with Crippen LogP contribution in [0.15, 0.2) is 11.5 Å². The second-order valence-corrected chi connectivity index (χ2v) is 2.97. The van der Waals surface area contributed by atoms with Crippen molar-refractivity contribution in [2.24, 2.45) is 0 Å². The van der Waals surface area contributed by atoms with Crippen LogP contribution >= 0.6 is 11.8 Å². The predicted molar refractivity (Wildman–Crippen MR) is 38.0 cm³/mol. The summed E-state index contributed by atoms with van der Waals surface area (Å²) in [6, 6.07) is 0. The molecule has 0 rings (SSSR count). The molecule has 0 N–H and O–H groups in total. The summed E-state index contributed by atoms with van der Waals surface area (Å²) in [4.78, 5) is 11.3. The van der Waals surface area contributed by atoms with Crippen LogP contribution in [0.4, 0.5) is 0 Å². The number of carbonyl (C=O) groups is 1. The number of hydrogen-bond acceptors (Lipinski definition) is 2. The Kier molecular flexibility index (Phi) is 3.61. The van der Waals surface area contributed by atoms with Gasteiger partial charge in [0.25, 0.3) is 0 Å². The zero-order chi connectivity index (χ0) is 6.57. The average molecular weight is 130 g/mol. The zero-order valence-electron chi connectivity index (χ0n) is 5.23. The molecule has 0 amide bonds. The monoisotopic (exact) mass is 130 g/mol. The first-order valence-corrected chi connectivity index (χ1v) is 3.39. The van der Waals surface area contributed by atoms with Crippen LogP contribution in [0.3, 0.4) is 0 Å². The highest BCUT2D eigenvalue weighted by atomic mass is 32.2. The lowest BCUT2D eigenvalue weighted by molar-refractivity contribution is -0.114. The Labute approximate surface area is 54.2 Å². The van der Waals surface area contributed by atoms with Crippen molar-refractivity contribution in [1.29, 1.82) is 0 Å². The summed E-state index contributed by atoms with van der Waals surface area (Å²) in [7, 11) is 0. The van der Waals surface area contributed by atoms with Crippen molar-refractivity contribution in [2.45, 2.75) is 13.8 Å². The van der Waals surface area contributed by atoms with Crippen molar-refractivity contribution in [3.05, 3.63) is 11.5 Å². The summed E-state index contributed by atoms with van der Waals surface area (Å²) < 4.78 is 0. The molecule has 0 fully saturated rings. The van der Waals surface area contributed by atoms with Gasteiger partial charge in [0.1, 0.15) is 5.78 Å². The number of rotatable bonds is 3. The van der Waals surface area contributed by atoms with Crippen molar-refractivity contribution < 1.29 is 4.79 Å². The molecule has 2 heteroatoms. The largest absolute Gasteiger partial charge is 0.299 e. The number of ketones is 1. The highest BCUT2D eigenvalue weighted by Crippen LogP contribution is 2.10. The van der Waals surface area contributed by atoms with E-state index in [9.17, 15) is 4.79 Å². The lowest BCUT2D eigenvalue weighted by Gasteiger charge is -1.91. The predicted octanol–water partition coefficient (Wildman–Crippen LogP) is 1.84. The summed E-state index contributed by atoms with van der Waals surface area (Å²) in [5.74, 6) is 0.771. The Balaban J connectivity index is 3.18. The Bertz CT molecular complexity index is 93.1. The lowest BCUT2D eigenvalue weighted by Crippen LogP contribution is -1.91. The van der Waals surface area contributed by atoms with Crippen LogP contribution < -0.4 is 0 Å². The van der Waals surface area contributed by atoms with Gasteiger partial charge in [-0.1, -0.05) is 6.58 Å². The number of carbonyl (C=O) groups excluding carboxylic acids is 1. The van der Waals surface area contributed by atoms with Gasteiger partial charge in [-0.25, -0.2) is 0 Å². The summed E-state index contributed by atoms with van der Waals surface area (Å²) in [5.41, 5.74) is 0. The molecule has 0 saturated heterocycles. The van der Waals surface area contributed by atoms with E-state index >= 15 is 0 Å². The standard InChI is InChI=1S/C6H10OS/c1-5(2)8-4-6(3)7/h1,4H2,2-3H3. The van der Waals surface area contributed by atoms with Gasteiger partial charge in [-0.15, -0.1) is 11.8 Å². The number of allylic oxidation sites excluding steroid dienone is 1. The van der Waals surface area contributed by atoms with E-state index in [1.54, 1.807) is 6.92 Å². The van der Waals surface area contributed by atoms with E-state index in [1.807, 2.05) is 6.92 Å². The molecule has 0 heterocycles. The topological polar surface area (TPSA) is 17.1 Å². The lowest BCUT2D eigenvalue weighted by atomic mass is 10.5. The third-order valence-corrected chi connectivity index (χ3v) is 1.57. The second-order valence-electron chi connectivity index (χ2n) is 1.69. The van der Waals surface area contributed by atoms with Crippen molar-refractivity contribution >= 4 is 17.5 Å². The molecule has 46 valence electrons. The number of thioether (sulfide) groups is 1. The minimum absolute atomic E-state index is 0.206. The molecule has 0 aliphatic carbocycles. The summed E-state index contributed by atoms with van der Waals surface area (Å²) >= 11 is 1.50. The first-order valence-electron chi connectivity index (χ1n) is 2.40. The molecule has 0 bridgehead atoms. The molecule has 0 atom stereocenters. The summed E-state index contributed by atoms with van der Waals surface area (Å²) in [6.45, 7) is 7.11. The van der Waals surface area contributed by atoms with E-state index in [0.717, 1.165) is 4.91 Å². The fraction of sp³-hybridized carbons (Fsp3) is 0.500. The van der Waals surface area contributed by atoms with Crippen molar-refractivity contribution in [2.75, 3.05) is 5.75 Å². The number of hydrogen-bond donors (Lipinski definition) is 0. The van der Waals surface area contributed by atoms with Crippen LogP contribution in [0.5, 0.6) is 0 Å². The molecule has 0 aromatic heterocycles. The van der Waals surface area contributed by atoms with Crippen LogP contribution in [0.2, 0.25) is 0 Å². The van der Waals surface area contributed by atoms with Gasteiger partial charge in [0.2, 0.25) is 0 Å². The SMILES string of the molecule is C=C(C)SCC(C)=O. The van der Waals surface area contributed by atoms with Gasteiger partial charge < -0.3 is 0 Å². The summed E-state index contributed by atoms with van der Waals surface area (Å²) in [5, 5.41) is 0. The average Bonchev–Trinajstić information content (AvgIpc) is 1.61. The van der Waals surface area contributed by atoms with Crippen LogP contribution in [-0.2, 0) is 4.79 Å². The zero-order valence-corrected chi connectivity index (χ0v) is 6.05. The maximum atomic E-state index is 10.3. The molecule has 0 saturated carbocycles. The molecule has 0 aromatic carbocycles. The van der Waals surface area contributed by atoms with Gasteiger partial charge in [-0.05, 0) is 18.8 Å². The molecule has 0 radical (unpaired) electrons. The third-order valence-electron chi connectivity index (χ3n) is 0.522. The van der Waals surface area contributed by atoms with Crippen LogP contribution in [-0.4, -0.2) is 11.5 Å². The molecule has 0 unspecified atom stereocenters. The molecule has 8 heavy (non-hydrogen) atoms. The first-order chi connectivity index (χ1) is 3.63. The van der Waals surface area contributed by atoms with Gasteiger partial charge in [0.15, 0.2) is 0 Å². The minimum Gasteiger partial charge on any atom is -0.299 e. The van der Waals surface area contributed by atoms with Crippen molar-refractivity contribution in [3.63, 3.8) is 0 Å². The van der Waals surface area contributed by atoms with Crippen LogP contribution in [0.1, 0.15) is 13.8 Å². The van der Waals surface area contributed by atoms with E-state index in [0.29, 0.717) is 5.75 Å². The maximum absolute atomic E-state index is 10.3. The highest BCUT2D eigenvalue weighted by molar-refractivity contribution is 8.03. The van der Waals surface area contributed by atoms with Gasteiger partial charge in [-0.2, -0.15) is 0 Å². The van der Waals surface area contributed by atoms with E-state index in [-0.39, 0.29) is 5.78 Å². The highest BCUT2D eigenvalue weighted by Gasteiger charge is 1.91. The molecule has 0 aliphatic rings. The summed E-state index contributed by atoms with van der Waals surface area (Å²) in [6.07, 6.45) is 0. The van der Waals surface area contributed by atoms with Crippen LogP contribution in [0, 0.1) is 0 Å². The molecular formula is C6H10OS. The van der Waals surface area contributed by atoms with Gasteiger partial charge in [0.05, 0.1) is 5.75 Å². The van der Waals surface area contributed by atoms with Crippen LogP contribution in [0.25, 0.3) is 0 Å². The maximum Gasteiger partial charge on any atom is 0.140 e. The first kappa shape index (κ1) is 7.76. The molecule has 0 aromatic rings. The minimum atomic E-state index is 0.206. The third kappa shape index (κ3) is 5.76.